The predicted octanol–water partition coefficient (Wildman–Crippen LogP) is 4.03. The number of fused-ring (bicyclic) bond motifs is 1. The first-order valence-electron chi connectivity index (χ1n) is 9.36. The summed E-state index contributed by atoms with van der Waals surface area (Å²) >= 11 is 3.40. The quantitative estimate of drug-likeness (QED) is 0.305. The number of nitrogens with one attached hydrogen (secondary N) is 1. The molecule has 160 valence electrons. The molecule has 29 heavy (non-hydrogen) atoms. The van der Waals surface area contributed by atoms with Gasteiger partial charge in [0.1, 0.15) is 0 Å². The summed E-state index contributed by atoms with van der Waals surface area (Å²) in [5.41, 5.74) is 0.650. The second-order valence-electron chi connectivity index (χ2n) is 5.85. The Kier molecular flexibility index (Phi) is 8.46. The predicted molar refractivity (Wildman–Crippen MR) is 112 cm³/mol. The highest BCUT2D eigenvalue weighted by Crippen LogP contribution is 2.51. The van der Waals surface area contributed by atoms with E-state index in [4.69, 9.17) is 18.5 Å². The minimum atomic E-state index is -3.87. The van der Waals surface area contributed by atoms with Gasteiger partial charge < -0.3 is 23.5 Å². The number of halogens is 1. The maximum Gasteiger partial charge on any atom is 0.363 e. The highest BCUT2D eigenvalue weighted by Gasteiger charge is 2.42. The van der Waals surface area contributed by atoms with Gasteiger partial charge >= 0.3 is 19.5 Å². The number of aromatic amines is 1. The Morgan fingerprint density at radius 2 is 1.55 bits per heavy atom. The fourth-order valence-corrected chi connectivity index (χ4v) is 5.30. The number of rotatable bonds is 10. The molecule has 1 N–H and O–H groups in total. The largest absolute Gasteiger partial charge is 0.465 e. The average molecular weight is 490 g/mol. The zero-order chi connectivity index (χ0) is 21.6. The lowest BCUT2D eigenvalue weighted by atomic mass is 10.1. The van der Waals surface area contributed by atoms with E-state index in [1.165, 1.54) is 0 Å². The Hall–Kier alpha value is -1.67. The third-order valence-electron chi connectivity index (χ3n) is 3.97. The van der Waals surface area contributed by atoms with Crippen molar-refractivity contribution in [2.75, 3.05) is 26.4 Å². The summed E-state index contributed by atoms with van der Waals surface area (Å²) < 4.78 is 35.7. The van der Waals surface area contributed by atoms with Gasteiger partial charge in [-0.2, -0.15) is 0 Å². The molecule has 1 aromatic heterocycles. The van der Waals surface area contributed by atoms with E-state index in [9.17, 15) is 14.2 Å². The third-order valence-corrected chi connectivity index (χ3v) is 6.69. The average Bonchev–Trinajstić information content (AvgIpc) is 3.01. The molecule has 0 saturated heterocycles. The zero-order valence-electron chi connectivity index (χ0n) is 16.8. The van der Waals surface area contributed by atoms with Crippen molar-refractivity contribution in [2.45, 2.75) is 33.6 Å². The van der Waals surface area contributed by atoms with Crippen molar-refractivity contribution in [1.29, 1.82) is 0 Å². The molecule has 2 aromatic rings. The van der Waals surface area contributed by atoms with Crippen molar-refractivity contribution in [2.24, 2.45) is 0 Å². The Morgan fingerprint density at radius 1 is 1.00 bits per heavy atom. The Balaban J connectivity index is 2.83. The molecule has 0 radical (unpaired) electrons. The molecule has 8 nitrogen and oxygen atoms in total. The lowest BCUT2D eigenvalue weighted by Gasteiger charge is -2.21. The summed E-state index contributed by atoms with van der Waals surface area (Å²) in [6.45, 7) is 7.01. The number of benzene rings is 1. The minimum Gasteiger partial charge on any atom is -0.465 e. The van der Waals surface area contributed by atoms with E-state index >= 15 is 0 Å². The zero-order valence-corrected chi connectivity index (χ0v) is 19.3. The smallest absolute Gasteiger partial charge is 0.363 e. The fraction of sp³-hybridized carbons (Fsp3) is 0.474. The molecule has 0 aliphatic heterocycles. The Labute approximate surface area is 177 Å². The van der Waals surface area contributed by atoms with Crippen molar-refractivity contribution in [3.8, 4) is 0 Å². The molecule has 0 unspecified atom stereocenters. The molecule has 0 aliphatic rings. The summed E-state index contributed by atoms with van der Waals surface area (Å²) in [4.78, 5) is 28.4. The topological polar surface area (TPSA) is 104 Å². The van der Waals surface area contributed by atoms with E-state index in [0.717, 1.165) is 4.47 Å². The highest BCUT2D eigenvalue weighted by atomic mass is 79.9. The summed E-state index contributed by atoms with van der Waals surface area (Å²) in [6.07, 6.45) is 0. The number of hydrogen-bond acceptors (Lipinski definition) is 7. The van der Waals surface area contributed by atoms with Crippen LogP contribution in [-0.4, -0.2) is 43.4 Å². The van der Waals surface area contributed by atoms with Crippen LogP contribution in [0.3, 0.4) is 0 Å². The number of ether oxygens (including phenoxy) is 2. The number of hydrogen-bond donors (Lipinski definition) is 1. The van der Waals surface area contributed by atoms with Crippen LogP contribution in [0.2, 0.25) is 0 Å². The van der Waals surface area contributed by atoms with Crippen molar-refractivity contribution in [3.05, 3.63) is 28.4 Å². The first-order valence-corrected chi connectivity index (χ1v) is 11.7. The first-order chi connectivity index (χ1) is 13.8. The van der Waals surface area contributed by atoms with E-state index in [2.05, 4.69) is 20.9 Å². The molecule has 10 heteroatoms. The molecule has 1 aromatic carbocycles. The molecular formula is C19H25BrNO7P. The first kappa shape index (κ1) is 23.6. The maximum atomic E-state index is 13.7. The van der Waals surface area contributed by atoms with Crippen molar-refractivity contribution in [1.82, 2.24) is 4.98 Å². The molecule has 0 fully saturated rings. The minimum absolute atomic E-state index is 0.0738. The van der Waals surface area contributed by atoms with Gasteiger partial charge in [0.25, 0.3) is 0 Å². The van der Waals surface area contributed by atoms with Gasteiger partial charge in [-0.05, 0) is 45.9 Å². The van der Waals surface area contributed by atoms with Crippen molar-refractivity contribution < 1.29 is 32.7 Å². The molecule has 0 saturated carbocycles. The van der Waals surface area contributed by atoms with Gasteiger partial charge in [-0.15, -0.1) is 0 Å². The summed E-state index contributed by atoms with van der Waals surface area (Å²) in [5, 5.41) is 0.641. The van der Waals surface area contributed by atoms with Gasteiger partial charge in [-0.25, -0.2) is 0 Å². The number of aromatic nitrogens is 1. The maximum absolute atomic E-state index is 13.7. The lowest BCUT2D eigenvalue weighted by molar-refractivity contribution is -0.157. The van der Waals surface area contributed by atoms with Crippen molar-refractivity contribution >= 4 is 51.7 Å². The van der Waals surface area contributed by atoms with Gasteiger partial charge in [0.2, 0.25) is 0 Å². The van der Waals surface area contributed by atoms with E-state index in [1.54, 1.807) is 45.9 Å². The normalized spacial score (nSPS) is 11.8. The molecule has 1 heterocycles. The van der Waals surface area contributed by atoms with E-state index in [0.29, 0.717) is 10.9 Å². The van der Waals surface area contributed by atoms with Crippen molar-refractivity contribution in [3.63, 3.8) is 0 Å². The van der Waals surface area contributed by atoms with Gasteiger partial charge in [0.05, 0.1) is 37.4 Å². The van der Waals surface area contributed by atoms with Gasteiger partial charge in [-0.1, -0.05) is 15.9 Å². The molecule has 0 atom stereocenters. The number of H-pyrrole nitrogens is 1. The monoisotopic (exact) mass is 489 g/mol. The molecule has 0 bridgehead atoms. The van der Waals surface area contributed by atoms with Crippen LogP contribution in [-0.2, 0) is 32.7 Å². The van der Waals surface area contributed by atoms with Crippen LogP contribution < -0.4 is 5.30 Å². The molecule has 2 rings (SSSR count). The van der Waals surface area contributed by atoms with Crippen LogP contribution in [0.4, 0.5) is 0 Å². The van der Waals surface area contributed by atoms with Gasteiger partial charge in [0.15, 0.2) is 5.92 Å². The molecular weight excluding hydrogens is 465 g/mol. The summed E-state index contributed by atoms with van der Waals surface area (Å²) in [5.74, 6) is -3.07. The van der Waals surface area contributed by atoms with Crippen LogP contribution in [0, 0.1) is 0 Å². The Morgan fingerprint density at radius 3 is 2.03 bits per heavy atom. The van der Waals surface area contributed by atoms with Gasteiger partial charge in [0, 0.05) is 15.4 Å². The van der Waals surface area contributed by atoms with E-state index in [1.807, 2.05) is 0 Å². The SMILES string of the molecule is CCOC(=O)C(C(=O)OCC)c1[nH]c2ccc(Br)cc2c1P(=O)(OCC)OCC. The highest BCUT2D eigenvalue weighted by molar-refractivity contribution is 9.10. The van der Waals surface area contributed by atoms with Crippen LogP contribution in [0.1, 0.15) is 39.3 Å². The van der Waals surface area contributed by atoms with E-state index < -0.39 is 25.5 Å². The van der Waals surface area contributed by atoms with Crippen LogP contribution in [0.25, 0.3) is 10.9 Å². The second-order valence-corrected chi connectivity index (χ2v) is 8.72. The standard InChI is InChI=1S/C19H25BrNO7P/c1-5-25-18(22)15(19(23)26-6-2)16-17(29(24,27-7-3)28-8-4)13-11-12(20)9-10-14(13)21-16/h9-11,15,21H,5-8H2,1-4H3. The van der Waals surface area contributed by atoms with Crippen LogP contribution in [0.15, 0.2) is 22.7 Å². The summed E-state index contributed by atoms with van der Waals surface area (Å²) in [6, 6.07) is 5.24. The third kappa shape index (κ3) is 5.09. The summed E-state index contributed by atoms with van der Waals surface area (Å²) in [7, 11) is -3.87. The van der Waals surface area contributed by atoms with Crippen LogP contribution in [0.5, 0.6) is 0 Å². The van der Waals surface area contributed by atoms with Crippen LogP contribution >= 0.6 is 23.5 Å². The fourth-order valence-electron chi connectivity index (χ4n) is 2.96. The Bertz CT molecular complexity index is 899. The lowest BCUT2D eigenvalue weighted by Crippen LogP contribution is -2.30. The number of carbonyl (C=O) groups is 2. The second kappa shape index (κ2) is 10.4. The molecule has 0 amide bonds. The van der Waals surface area contributed by atoms with Gasteiger partial charge in [-0.3, -0.25) is 14.2 Å². The number of esters is 2. The molecule has 0 aliphatic carbocycles. The van der Waals surface area contributed by atoms with E-state index in [-0.39, 0.29) is 37.4 Å². The molecule has 0 spiro atoms. The number of carbonyl (C=O) groups excluding carboxylic acids is 2.